The Bertz CT molecular complexity index is 1160. The van der Waals surface area contributed by atoms with Crippen molar-refractivity contribution in [2.24, 2.45) is 0 Å². The average molecular weight is 445 g/mol. The van der Waals surface area contributed by atoms with E-state index in [-0.39, 0.29) is 17.4 Å². The zero-order valence-corrected chi connectivity index (χ0v) is 18.0. The number of amides is 1. The molecule has 3 aromatic carbocycles. The largest absolute Gasteiger partial charge is 0.484 e. The summed E-state index contributed by atoms with van der Waals surface area (Å²) in [7, 11) is -3.74. The van der Waals surface area contributed by atoms with Gasteiger partial charge in [-0.05, 0) is 73.5 Å². The highest BCUT2D eigenvalue weighted by atomic mass is 35.5. The van der Waals surface area contributed by atoms with Gasteiger partial charge in [-0.3, -0.25) is 9.52 Å². The predicted molar refractivity (Wildman–Crippen MR) is 119 cm³/mol. The van der Waals surface area contributed by atoms with E-state index < -0.39 is 10.0 Å². The summed E-state index contributed by atoms with van der Waals surface area (Å²) >= 11 is 5.88. The number of ether oxygens (including phenoxy) is 1. The zero-order chi connectivity index (χ0) is 21.7. The van der Waals surface area contributed by atoms with Crippen LogP contribution in [0, 0.1) is 13.8 Å². The number of hydrogen-bond acceptors (Lipinski definition) is 4. The Morgan fingerprint density at radius 1 is 1.00 bits per heavy atom. The Hall–Kier alpha value is -3.03. The minimum atomic E-state index is -3.74. The van der Waals surface area contributed by atoms with Crippen molar-refractivity contribution in [1.82, 2.24) is 0 Å². The third kappa shape index (κ3) is 5.75. The first-order chi connectivity index (χ1) is 14.2. The summed E-state index contributed by atoms with van der Waals surface area (Å²) < 4.78 is 33.3. The van der Waals surface area contributed by atoms with Gasteiger partial charge >= 0.3 is 0 Å². The van der Waals surface area contributed by atoms with Gasteiger partial charge in [-0.15, -0.1) is 0 Å². The van der Waals surface area contributed by atoms with Crippen LogP contribution in [-0.4, -0.2) is 20.9 Å². The predicted octanol–water partition coefficient (Wildman–Crippen LogP) is 4.78. The number of sulfonamides is 1. The smallest absolute Gasteiger partial charge is 0.262 e. The molecule has 156 valence electrons. The van der Waals surface area contributed by atoms with Gasteiger partial charge in [-0.2, -0.15) is 0 Å². The third-order valence-corrected chi connectivity index (χ3v) is 5.87. The first kappa shape index (κ1) is 21.7. The SMILES string of the molecule is Cc1ccc(C)c(NS(=O)(=O)c2ccc(OCC(=O)Nc3cccc(Cl)c3)cc2)c1. The molecular weight excluding hydrogens is 424 g/mol. The number of benzene rings is 3. The highest BCUT2D eigenvalue weighted by Crippen LogP contribution is 2.22. The van der Waals surface area contributed by atoms with Crippen molar-refractivity contribution in [3.63, 3.8) is 0 Å². The summed E-state index contributed by atoms with van der Waals surface area (Å²) in [6, 6.07) is 18.2. The molecule has 1 amide bonds. The van der Waals surface area contributed by atoms with Gasteiger partial charge in [0, 0.05) is 10.7 Å². The lowest BCUT2D eigenvalue weighted by Gasteiger charge is -2.12. The molecule has 0 spiro atoms. The van der Waals surface area contributed by atoms with Crippen LogP contribution in [0.1, 0.15) is 11.1 Å². The number of hydrogen-bond donors (Lipinski definition) is 2. The number of nitrogens with one attached hydrogen (secondary N) is 2. The van der Waals surface area contributed by atoms with Crippen LogP contribution in [0.15, 0.2) is 71.6 Å². The van der Waals surface area contributed by atoms with E-state index in [0.29, 0.717) is 22.1 Å². The van der Waals surface area contributed by atoms with Crippen LogP contribution < -0.4 is 14.8 Å². The molecule has 0 atom stereocenters. The molecule has 0 radical (unpaired) electrons. The Morgan fingerprint density at radius 2 is 1.73 bits per heavy atom. The molecule has 0 aliphatic rings. The second-order valence-corrected chi connectivity index (χ2v) is 8.86. The maximum Gasteiger partial charge on any atom is 0.262 e. The minimum Gasteiger partial charge on any atom is -0.484 e. The van der Waals surface area contributed by atoms with Gasteiger partial charge in [-0.1, -0.05) is 29.8 Å². The van der Waals surface area contributed by atoms with E-state index in [9.17, 15) is 13.2 Å². The maximum atomic E-state index is 12.6. The highest BCUT2D eigenvalue weighted by molar-refractivity contribution is 7.92. The van der Waals surface area contributed by atoms with Crippen LogP contribution >= 0.6 is 11.6 Å². The minimum absolute atomic E-state index is 0.0964. The average Bonchev–Trinajstić information content (AvgIpc) is 2.69. The van der Waals surface area contributed by atoms with E-state index >= 15 is 0 Å². The Kier molecular flexibility index (Phi) is 6.64. The number of anilines is 2. The number of carbonyl (C=O) groups excluding carboxylic acids is 1. The van der Waals surface area contributed by atoms with Gasteiger partial charge in [-0.25, -0.2) is 8.42 Å². The standard InChI is InChI=1S/C22H21ClN2O4S/c1-15-6-7-16(2)21(12-15)25-30(27,28)20-10-8-19(9-11-20)29-14-22(26)24-18-5-3-4-17(23)13-18/h3-13,25H,14H2,1-2H3,(H,24,26). The van der Waals surface area contributed by atoms with Crippen molar-refractivity contribution >= 4 is 38.9 Å². The lowest BCUT2D eigenvalue weighted by molar-refractivity contribution is -0.118. The van der Waals surface area contributed by atoms with E-state index in [0.717, 1.165) is 11.1 Å². The van der Waals surface area contributed by atoms with Crippen molar-refractivity contribution in [2.45, 2.75) is 18.7 Å². The molecule has 0 heterocycles. The molecule has 0 bridgehead atoms. The lowest BCUT2D eigenvalue weighted by Crippen LogP contribution is -2.20. The van der Waals surface area contributed by atoms with E-state index in [1.165, 1.54) is 24.3 Å². The summed E-state index contributed by atoms with van der Waals surface area (Å²) in [5.74, 6) is 0.0208. The molecule has 0 fully saturated rings. The molecule has 0 saturated heterocycles. The highest BCUT2D eigenvalue weighted by Gasteiger charge is 2.15. The normalized spacial score (nSPS) is 11.0. The second kappa shape index (κ2) is 9.19. The molecule has 2 N–H and O–H groups in total. The molecule has 0 aromatic heterocycles. The van der Waals surface area contributed by atoms with Crippen LogP contribution in [0.25, 0.3) is 0 Å². The monoisotopic (exact) mass is 444 g/mol. The second-order valence-electron chi connectivity index (χ2n) is 6.74. The number of aryl methyl sites for hydroxylation is 2. The summed E-state index contributed by atoms with van der Waals surface area (Å²) in [6.45, 7) is 3.51. The van der Waals surface area contributed by atoms with E-state index in [4.69, 9.17) is 16.3 Å². The van der Waals surface area contributed by atoms with Crippen molar-refractivity contribution in [3.05, 3.63) is 82.9 Å². The van der Waals surface area contributed by atoms with Gasteiger partial charge in [0.15, 0.2) is 6.61 Å². The zero-order valence-electron chi connectivity index (χ0n) is 16.5. The Morgan fingerprint density at radius 3 is 2.43 bits per heavy atom. The fourth-order valence-electron chi connectivity index (χ4n) is 2.68. The van der Waals surface area contributed by atoms with Gasteiger partial charge < -0.3 is 10.1 Å². The lowest BCUT2D eigenvalue weighted by atomic mass is 10.1. The van der Waals surface area contributed by atoms with Crippen molar-refractivity contribution < 1.29 is 17.9 Å². The van der Waals surface area contributed by atoms with Gasteiger partial charge in [0.2, 0.25) is 0 Å². The van der Waals surface area contributed by atoms with Crippen LogP contribution in [0.3, 0.4) is 0 Å². The molecule has 30 heavy (non-hydrogen) atoms. The van der Waals surface area contributed by atoms with Crippen molar-refractivity contribution in [3.8, 4) is 5.75 Å². The summed E-state index contributed by atoms with van der Waals surface area (Å²) in [5.41, 5.74) is 2.89. The summed E-state index contributed by atoms with van der Waals surface area (Å²) in [4.78, 5) is 12.1. The van der Waals surface area contributed by atoms with Crippen LogP contribution in [0.4, 0.5) is 11.4 Å². The fraction of sp³-hybridized carbons (Fsp3) is 0.136. The first-order valence-corrected chi connectivity index (χ1v) is 11.0. The topological polar surface area (TPSA) is 84.5 Å². The summed E-state index contributed by atoms with van der Waals surface area (Å²) in [6.07, 6.45) is 0. The molecule has 0 aliphatic carbocycles. The van der Waals surface area contributed by atoms with Crippen LogP contribution in [0.2, 0.25) is 5.02 Å². The van der Waals surface area contributed by atoms with Gasteiger partial charge in [0.25, 0.3) is 15.9 Å². The molecule has 0 unspecified atom stereocenters. The Balaban J connectivity index is 1.61. The molecule has 3 rings (SSSR count). The first-order valence-electron chi connectivity index (χ1n) is 9.11. The molecule has 0 saturated carbocycles. The molecule has 8 heteroatoms. The van der Waals surface area contributed by atoms with Crippen molar-refractivity contribution in [1.29, 1.82) is 0 Å². The van der Waals surface area contributed by atoms with Gasteiger partial charge in [0.1, 0.15) is 5.75 Å². The summed E-state index contributed by atoms with van der Waals surface area (Å²) in [5, 5.41) is 3.19. The molecular formula is C22H21ClN2O4S. The number of carbonyl (C=O) groups is 1. The van der Waals surface area contributed by atoms with E-state index in [2.05, 4.69) is 10.0 Å². The Labute approximate surface area is 180 Å². The fourth-order valence-corrected chi connectivity index (χ4v) is 3.99. The van der Waals surface area contributed by atoms with Gasteiger partial charge in [0.05, 0.1) is 10.6 Å². The van der Waals surface area contributed by atoms with Crippen LogP contribution in [0.5, 0.6) is 5.75 Å². The number of rotatable bonds is 7. The number of halogens is 1. The quantitative estimate of drug-likeness (QED) is 0.549. The van der Waals surface area contributed by atoms with E-state index in [1.807, 2.05) is 26.0 Å². The maximum absolute atomic E-state index is 12.6. The third-order valence-electron chi connectivity index (χ3n) is 4.25. The molecule has 0 aliphatic heterocycles. The molecule has 3 aromatic rings. The van der Waals surface area contributed by atoms with Crippen molar-refractivity contribution in [2.75, 3.05) is 16.6 Å². The molecule has 6 nitrogen and oxygen atoms in total. The van der Waals surface area contributed by atoms with E-state index in [1.54, 1.807) is 30.3 Å². The van der Waals surface area contributed by atoms with Crippen LogP contribution in [-0.2, 0) is 14.8 Å².